The normalized spacial score (nSPS) is 31.3. The third-order valence-corrected chi connectivity index (χ3v) is 12.6. The number of likely N-dealkylation sites (tertiary alicyclic amines) is 3. The summed E-state index contributed by atoms with van der Waals surface area (Å²) >= 11 is 1.24. The average molecular weight is 692 g/mol. The first-order chi connectivity index (χ1) is 22.7. The Morgan fingerprint density at radius 1 is 1.00 bits per heavy atom. The molecular formula is C34H47F2N5O6S. The van der Waals surface area contributed by atoms with Gasteiger partial charge in [-0.2, -0.15) is 0 Å². The summed E-state index contributed by atoms with van der Waals surface area (Å²) in [5, 5.41) is 3.05. The molecule has 5 heterocycles. The molecule has 4 amide bonds. The van der Waals surface area contributed by atoms with Crippen LogP contribution in [0.25, 0.3) is 0 Å². The van der Waals surface area contributed by atoms with E-state index in [1.54, 1.807) is 22.2 Å². The van der Waals surface area contributed by atoms with Crippen molar-refractivity contribution >= 4 is 35.0 Å². The minimum Gasteiger partial charge on any atom is -0.376 e. The number of rotatable bonds is 9. The minimum absolute atomic E-state index is 0.0261. The summed E-state index contributed by atoms with van der Waals surface area (Å²) in [6.07, 6.45) is 3.67. The maximum Gasteiger partial charge on any atom is 0.265 e. The largest absolute Gasteiger partial charge is 0.376 e. The maximum absolute atomic E-state index is 14.4. The molecule has 6 fully saturated rings. The second-order valence-corrected chi connectivity index (χ2v) is 16.8. The lowest BCUT2D eigenvalue weighted by atomic mass is 9.70. The molecule has 6 atom stereocenters. The fourth-order valence-corrected chi connectivity index (χ4v) is 9.12. The Hall–Kier alpha value is -2.71. The van der Waals surface area contributed by atoms with Gasteiger partial charge in [-0.15, -0.1) is 11.3 Å². The smallest absolute Gasteiger partial charge is 0.265 e. The summed E-state index contributed by atoms with van der Waals surface area (Å²) in [7, 11) is 0. The number of carbonyl (C=O) groups excluding carboxylic acids is 4. The molecule has 1 spiro atoms. The molecule has 2 aliphatic carbocycles. The lowest BCUT2D eigenvalue weighted by molar-refractivity contribution is -0.154. The van der Waals surface area contributed by atoms with Crippen molar-refractivity contribution in [1.82, 2.24) is 25.0 Å². The number of morpholine rings is 1. The highest BCUT2D eigenvalue weighted by Crippen LogP contribution is 2.54. The van der Waals surface area contributed by atoms with Crippen molar-refractivity contribution in [3.05, 3.63) is 16.6 Å². The van der Waals surface area contributed by atoms with Gasteiger partial charge in [0.05, 0.1) is 35.9 Å². The van der Waals surface area contributed by atoms with E-state index in [2.05, 4.69) is 24.1 Å². The molecule has 1 aromatic heterocycles. The first kappa shape index (κ1) is 33.8. The Kier molecular flexibility index (Phi) is 8.84. The van der Waals surface area contributed by atoms with Gasteiger partial charge in [-0.3, -0.25) is 24.2 Å². The summed E-state index contributed by atoms with van der Waals surface area (Å²) in [6, 6.07) is -1.01. The molecule has 1 N–H and O–H groups in total. The lowest BCUT2D eigenvalue weighted by Gasteiger charge is -2.50. The van der Waals surface area contributed by atoms with Crippen LogP contribution in [0.3, 0.4) is 0 Å². The predicted molar refractivity (Wildman–Crippen MR) is 171 cm³/mol. The molecular weight excluding hydrogens is 644 g/mol. The van der Waals surface area contributed by atoms with Gasteiger partial charge in [0.1, 0.15) is 10.9 Å². The molecule has 0 aromatic carbocycles. The lowest BCUT2D eigenvalue weighted by Crippen LogP contribution is -2.66. The SMILES string of the molecule is C[C@@H](OCC1CCC(F)(F)CC1)[C@H](NC(=O)[C@@H]1CN(C(=O)c2cncs2)CC12CN(C(=O)[C@H]1CC1(C)C)C2)C(=O)N1CC2CCC(C1)O2. The van der Waals surface area contributed by atoms with Crippen molar-refractivity contribution < 1.29 is 37.4 Å². The number of halogens is 2. The quantitative estimate of drug-likeness (QED) is 0.423. The number of thiazole rings is 1. The van der Waals surface area contributed by atoms with Gasteiger partial charge in [0.2, 0.25) is 23.6 Å². The minimum atomic E-state index is -2.65. The second-order valence-electron chi connectivity index (χ2n) is 15.9. The van der Waals surface area contributed by atoms with E-state index < -0.39 is 29.4 Å². The van der Waals surface area contributed by atoms with Crippen molar-refractivity contribution in [1.29, 1.82) is 0 Å². The maximum atomic E-state index is 14.4. The van der Waals surface area contributed by atoms with E-state index in [0.29, 0.717) is 50.4 Å². The first-order valence-electron chi connectivity index (χ1n) is 17.4. The summed E-state index contributed by atoms with van der Waals surface area (Å²) in [6.45, 7) is 8.23. The van der Waals surface area contributed by atoms with Gasteiger partial charge >= 0.3 is 0 Å². The van der Waals surface area contributed by atoms with Gasteiger partial charge in [-0.25, -0.2) is 8.78 Å². The summed E-state index contributed by atoms with van der Waals surface area (Å²) in [4.78, 5) is 65.0. The number of ether oxygens (including phenoxy) is 2. The highest BCUT2D eigenvalue weighted by Gasteiger charge is 2.62. The molecule has 1 aromatic rings. The van der Waals surface area contributed by atoms with Crippen LogP contribution < -0.4 is 5.32 Å². The standard InChI is InChI=1S/C34H47F2N5O6S/c1-20(46-15-21-6-8-34(35,36)9-7-21)27(31(45)39-12-22-4-5-23(13-39)47-22)38-28(42)25-14-40(30(44)26-11-37-19-48-26)16-33(25)17-41(18-33)29(43)24-10-32(24,2)3/h11,19-25,27H,4-10,12-18H2,1-3H3,(H,38,42)/t20-,22?,23?,24-,25+,27+/m1/s1. The van der Waals surface area contributed by atoms with E-state index in [1.165, 1.54) is 17.5 Å². The van der Waals surface area contributed by atoms with Gasteiger partial charge in [0.15, 0.2) is 0 Å². The molecule has 264 valence electrons. The molecule has 6 aliphatic rings. The zero-order valence-electron chi connectivity index (χ0n) is 28.0. The predicted octanol–water partition coefficient (Wildman–Crippen LogP) is 3.20. The molecule has 4 saturated heterocycles. The monoisotopic (exact) mass is 691 g/mol. The summed E-state index contributed by atoms with van der Waals surface area (Å²) < 4.78 is 39.7. The number of aromatic nitrogens is 1. The zero-order valence-corrected chi connectivity index (χ0v) is 28.8. The topological polar surface area (TPSA) is 121 Å². The molecule has 48 heavy (non-hydrogen) atoms. The van der Waals surface area contributed by atoms with Crippen LogP contribution in [0.4, 0.5) is 8.78 Å². The van der Waals surface area contributed by atoms with Crippen LogP contribution in [0.1, 0.15) is 75.4 Å². The number of nitrogens with zero attached hydrogens (tertiary/aromatic N) is 4. The summed E-state index contributed by atoms with van der Waals surface area (Å²) in [5.74, 6) is -4.08. The van der Waals surface area contributed by atoms with E-state index in [9.17, 15) is 28.0 Å². The molecule has 2 bridgehead atoms. The van der Waals surface area contributed by atoms with E-state index in [-0.39, 0.29) is 79.1 Å². The van der Waals surface area contributed by atoms with E-state index >= 15 is 0 Å². The molecule has 2 saturated carbocycles. The first-order valence-corrected chi connectivity index (χ1v) is 18.3. The molecule has 0 radical (unpaired) electrons. The van der Waals surface area contributed by atoms with Crippen molar-refractivity contribution in [2.24, 2.45) is 28.6 Å². The van der Waals surface area contributed by atoms with Crippen molar-refractivity contribution in [2.45, 2.75) is 96.0 Å². The van der Waals surface area contributed by atoms with Crippen molar-refractivity contribution in [3.8, 4) is 0 Å². The van der Waals surface area contributed by atoms with Gasteiger partial charge in [0, 0.05) is 70.0 Å². The third kappa shape index (κ3) is 6.60. The summed E-state index contributed by atoms with van der Waals surface area (Å²) in [5.41, 5.74) is 0.933. The number of fused-ring (bicyclic) bond motifs is 2. The van der Waals surface area contributed by atoms with Crippen LogP contribution in [0.15, 0.2) is 11.7 Å². The number of hydrogen-bond donors (Lipinski definition) is 1. The fourth-order valence-electron chi connectivity index (χ4n) is 8.54. The fraction of sp³-hybridized carbons (Fsp3) is 0.794. The average Bonchev–Trinajstić information content (AvgIpc) is 3.49. The molecule has 14 heteroatoms. The molecule has 11 nitrogen and oxygen atoms in total. The van der Waals surface area contributed by atoms with Crippen LogP contribution in [-0.2, 0) is 23.9 Å². The van der Waals surface area contributed by atoms with Crippen LogP contribution in [0.2, 0.25) is 0 Å². The molecule has 2 unspecified atom stereocenters. The number of nitrogens with one attached hydrogen (secondary N) is 1. The number of carbonyl (C=O) groups is 4. The Balaban J connectivity index is 1.08. The Morgan fingerprint density at radius 2 is 1.65 bits per heavy atom. The van der Waals surface area contributed by atoms with Crippen molar-refractivity contribution in [2.75, 3.05) is 45.9 Å². The van der Waals surface area contributed by atoms with Crippen LogP contribution >= 0.6 is 11.3 Å². The number of alkyl halides is 2. The second kappa shape index (κ2) is 12.6. The highest BCUT2D eigenvalue weighted by atomic mass is 32.1. The van der Waals surface area contributed by atoms with Crippen molar-refractivity contribution in [3.63, 3.8) is 0 Å². The van der Waals surface area contributed by atoms with E-state index in [0.717, 1.165) is 19.3 Å². The van der Waals surface area contributed by atoms with Crippen LogP contribution in [0.5, 0.6) is 0 Å². The van der Waals surface area contributed by atoms with Gasteiger partial charge in [-0.05, 0) is 50.4 Å². The Labute approximate surface area is 284 Å². The van der Waals surface area contributed by atoms with Gasteiger partial charge in [0.25, 0.3) is 5.91 Å². The number of amides is 4. The van der Waals surface area contributed by atoms with Crippen LogP contribution in [0, 0.1) is 28.6 Å². The highest BCUT2D eigenvalue weighted by molar-refractivity contribution is 7.11. The van der Waals surface area contributed by atoms with Gasteiger partial charge in [-0.1, -0.05) is 13.8 Å². The Bertz CT molecular complexity index is 1400. The molecule has 7 rings (SSSR count). The van der Waals surface area contributed by atoms with Gasteiger partial charge < -0.3 is 29.5 Å². The Morgan fingerprint density at radius 3 is 2.25 bits per heavy atom. The van der Waals surface area contributed by atoms with E-state index in [1.807, 2.05) is 4.90 Å². The third-order valence-electron chi connectivity index (χ3n) is 11.8. The zero-order chi connectivity index (χ0) is 34.0. The number of hydrogen-bond acceptors (Lipinski definition) is 8. The molecule has 4 aliphatic heterocycles. The van der Waals surface area contributed by atoms with Crippen LogP contribution in [-0.4, -0.2) is 119 Å². The van der Waals surface area contributed by atoms with E-state index in [4.69, 9.17) is 9.47 Å².